The first-order valence-corrected chi connectivity index (χ1v) is 7.37. The van der Waals surface area contributed by atoms with E-state index in [2.05, 4.69) is 15.1 Å². The molecule has 1 aromatic carbocycles. The molecular weight excluding hydrogens is 359 g/mol. The predicted molar refractivity (Wildman–Crippen MR) is 72.9 cm³/mol. The van der Waals surface area contributed by atoms with Crippen LogP contribution in [0.4, 0.5) is 18.9 Å². The molecule has 0 unspecified atom stereocenters. The molecule has 0 saturated carbocycles. The number of aryl methyl sites for hydroxylation is 1. The van der Waals surface area contributed by atoms with Gasteiger partial charge in [-0.15, -0.1) is 0 Å². The zero-order chi connectivity index (χ0) is 17.2. The second kappa shape index (κ2) is 6.67. The molecule has 0 spiro atoms. The highest BCUT2D eigenvalue weighted by atomic mass is 35.5. The second-order valence-corrected chi connectivity index (χ2v) is 5.69. The maximum Gasteiger partial charge on any atom is 0.416 e. The van der Waals surface area contributed by atoms with Gasteiger partial charge in [0.05, 0.1) is 27.3 Å². The van der Waals surface area contributed by atoms with E-state index in [-0.39, 0.29) is 21.5 Å². The van der Waals surface area contributed by atoms with Crippen LogP contribution in [-0.4, -0.2) is 16.9 Å². The summed E-state index contributed by atoms with van der Waals surface area (Å²) < 4.78 is 43.5. The number of nitrogens with one attached hydrogen (secondary N) is 1. The van der Waals surface area contributed by atoms with E-state index >= 15 is 0 Å². The van der Waals surface area contributed by atoms with E-state index in [0.717, 1.165) is 34.6 Å². The largest absolute Gasteiger partial charge is 0.538 e. The first-order chi connectivity index (χ1) is 10.7. The van der Waals surface area contributed by atoms with E-state index in [1.165, 1.54) is 7.05 Å². The van der Waals surface area contributed by atoms with Crippen LogP contribution in [0.2, 0.25) is 5.02 Å². The maximum atomic E-state index is 12.6. The van der Waals surface area contributed by atoms with Crippen molar-refractivity contribution in [3.05, 3.63) is 28.8 Å². The van der Waals surface area contributed by atoms with E-state index in [0.29, 0.717) is 0 Å². The molecule has 124 valence electrons. The lowest BCUT2D eigenvalue weighted by atomic mass is 10.2. The molecule has 0 aliphatic carbocycles. The molecule has 0 fully saturated rings. The van der Waals surface area contributed by atoms with Gasteiger partial charge in [-0.2, -0.15) is 13.2 Å². The SMILES string of the molecule is C[n+]1noc([O-])c1SCC(=O)Nc1cc(C(F)(F)F)ccc1Cl. The topological polar surface area (TPSA) is 82.1 Å². The number of thioether (sulfide) groups is 1. The summed E-state index contributed by atoms with van der Waals surface area (Å²) in [6.07, 6.45) is -4.55. The Balaban J connectivity index is 2.06. The molecule has 1 N–H and O–H groups in total. The fraction of sp³-hybridized carbons (Fsp3) is 0.250. The number of benzene rings is 1. The fourth-order valence-corrected chi connectivity index (χ4v) is 2.46. The number of alkyl halides is 3. The van der Waals surface area contributed by atoms with Crippen molar-refractivity contribution < 1.29 is 32.3 Å². The lowest BCUT2D eigenvalue weighted by molar-refractivity contribution is -0.772. The molecule has 0 saturated heterocycles. The Morgan fingerprint density at radius 1 is 1.52 bits per heavy atom. The van der Waals surface area contributed by atoms with Gasteiger partial charge in [0.15, 0.2) is 13.0 Å². The third-order valence-electron chi connectivity index (χ3n) is 2.62. The van der Waals surface area contributed by atoms with Crippen molar-refractivity contribution in [3.63, 3.8) is 0 Å². The monoisotopic (exact) mass is 367 g/mol. The fourth-order valence-electron chi connectivity index (χ4n) is 1.58. The lowest BCUT2D eigenvalue weighted by Gasteiger charge is -2.11. The maximum absolute atomic E-state index is 12.6. The van der Waals surface area contributed by atoms with Crippen LogP contribution in [0, 0.1) is 0 Å². The molecule has 1 aromatic heterocycles. The minimum atomic E-state index is -4.55. The average molecular weight is 368 g/mol. The minimum absolute atomic E-state index is 0.0311. The van der Waals surface area contributed by atoms with Crippen LogP contribution in [0.3, 0.4) is 0 Å². The van der Waals surface area contributed by atoms with Gasteiger partial charge in [0.25, 0.3) is 5.03 Å². The zero-order valence-electron chi connectivity index (χ0n) is 11.5. The molecule has 0 aliphatic rings. The quantitative estimate of drug-likeness (QED) is 0.660. The number of aromatic nitrogens is 2. The van der Waals surface area contributed by atoms with E-state index in [1.807, 2.05) is 0 Å². The van der Waals surface area contributed by atoms with E-state index < -0.39 is 23.6 Å². The van der Waals surface area contributed by atoms with Crippen molar-refractivity contribution in [2.24, 2.45) is 7.05 Å². The Bertz CT molecular complexity index is 717. The highest BCUT2D eigenvalue weighted by molar-refractivity contribution is 7.99. The molecule has 2 aromatic rings. The summed E-state index contributed by atoms with van der Waals surface area (Å²) in [4.78, 5) is 11.8. The van der Waals surface area contributed by atoms with Crippen molar-refractivity contribution in [3.8, 4) is 5.95 Å². The van der Waals surface area contributed by atoms with E-state index in [1.54, 1.807) is 0 Å². The average Bonchev–Trinajstić information content (AvgIpc) is 2.77. The Labute approximate surface area is 137 Å². The summed E-state index contributed by atoms with van der Waals surface area (Å²) in [7, 11) is 1.45. The highest BCUT2D eigenvalue weighted by Crippen LogP contribution is 2.34. The van der Waals surface area contributed by atoms with Crippen molar-refractivity contribution in [2.75, 3.05) is 11.1 Å². The molecule has 0 bridgehead atoms. The molecule has 0 aliphatic heterocycles. The van der Waals surface area contributed by atoms with Gasteiger partial charge in [-0.05, 0) is 30.0 Å². The van der Waals surface area contributed by atoms with Crippen LogP contribution in [-0.2, 0) is 18.0 Å². The van der Waals surface area contributed by atoms with Gasteiger partial charge in [-0.1, -0.05) is 16.3 Å². The molecule has 11 heteroatoms. The van der Waals surface area contributed by atoms with Gasteiger partial charge in [0.2, 0.25) is 5.91 Å². The number of hydrogen-bond donors (Lipinski definition) is 1. The highest BCUT2D eigenvalue weighted by Gasteiger charge is 2.31. The van der Waals surface area contributed by atoms with Crippen molar-refractivity contribution in [1.29, 1.82) is 0 Å². The number of anilines is 1. The third kappa shape index (κ3) is 4.29. The van der Waals surface area contributed by atoms with E-state index in [9.17, 15) is 23.1 Å². The van der Waals surface area contributed by atoms with Gasteiger partial charge >= 0.3 is 6.18 Å². The van der Waals surface area contributed by atoms with Crippen molar-refractivity contribution in [1.82, 2.24) is 5.27 Å². The third-order valence-corrected chi connectivity index (χ3v) is 4.06. The van der Waals surface area contributed by atoms with Gasteiger partial charge in [0, 0.05) is 0 Å². The molecule has 1 amide bonds. The second-order valence-electron chi connectivity index (χ2n) is 4.32. The van der Waals surface area contributed by atoms with Gasteiger partial charge in [-0.3, -0.25) is 4.79 Å². The number of halogens is 4. The van der Waals surface area contributed by atoms with Crippen LogP contribution in [0.1, 0.15) is 5.56 Å². The van der Waals surface area contributed by atoms with Crippen molar-refractivity contribution in [2.45, 2.75) is 11.2 Å². The van der Waals surface area contributed by atoms with Crippen LogP contribution < -0.4 is 15.1 Å². The molecule has 0 atom stereocenters. The first-order valence-electron chi connectivity index (χ1n) is 6.01. The van der Waals surface area contributed by atoms with Crippen LogP contribution >= 0.6 is 23.4 Å². The summed E-state index contributed by atoms with van der Waals surface area (Å²) in [5.41, 5.74) is -1.10. The van der Waals surface area contributed by atoms with E-state index in [4.69, 9.17) is 11.6 Å². The van der Waals surface area contributed by atoms with Gasteiger partial charge in [-0.25, -0.2) is 0 Å². The Morgan fingerprint density at radius 3 is 2.78 bits per heavy atom. The number of nitrogens with zero attached hydrogens (tertiary/aromatic N) is 2. The molecule has 6 nitrogen and oxygen atoms in total. The Kier molecular flexibility index (Phi) is 5.05. The van der Waals surface area contributed by atoms with Gasteiger partial charge < -0.3 is 14.9 Å². The number of rotatable bonds is 4. The Hall–Kier alpha value is -1.94. The number of amides is 1. The normalized spacial score (nSPS) is 11.5. The molecule has 23 heavy (non-hydrogen) atoms. The molecule has 0 radical (unpaired) electrons. The minimum Gasteiger partial charge on any atom is -0.538 e. The van der Waals surface area contributed by atoms with Crippen molar-refractivity contribution >= 4 is 35.0 Å². The van der Waals surface area contributed by atoms with Crippen LogP contribution in [0.25, 0.3) is 0 Å². The lowest BCUT2D eigenvalue weighted by Crippen LogP contribution is -2.32. The standard InChI is InChI=1S/C12H9ClF3N3O3S/c1-19-10(11(21)22-18-19)23-5-9(20)17-8-4-6(12(14,15)16)2-3-7(8)13/h2-4H,5H2,1H3,(H-,17,18,20,21). The summed E-state index contributed by atoms with van der Waals surface area (Å²) in [6, 6.07) is 2.60. The molecule has 2 rings (SSSR count). The smallest absolute Gasteiger partial charge is 0.416 e. The summed E-state index contributed by atoms with van der Waals surface area (Å²) >= 11 is 6.61. The number of carbonyl (C=O) groups excluding carboxylic acids is 1. The zero-order valence-corrected chi connectivity index (χ0v) is 13.1. The summed E-state index contributed by atoms with van der Waals surface area (Å²) in [6.45, 7) is 0. The molecular formula is C12H9ClF3N3O3S. The number of carbonyl (C=O) groups is 1. The number of hydrogen-bond acceptors (Lipinski definition) is 5. The molecule has 1 heterocycles. The summed E-state index contributed by atoms with van der Waals surface area (Å²) in [5, 5.41) is 17.0. The summed E-state index contributed by atoms with van der Waals surface area (Å²) in [5.74, 6) is -1.56. The predicted octanol–water partition coefficient (Wildman–Crippen LogP) is 1.98. The van der Waals surface area contributed by atoms with Crippen LogP contribution in [0.15, 0.2) is 27.7 Å². The van der Waals surface area contributed by atoms with Crippen LogP contribution in [0.5, 0.6) is 5.95 Å². The first kappa shape index (κ1) is 17.4. The van der Waals surface area contributed by atoms with Gasteiger partial charge in [0.1, 0.15) is 0 Å². The Morgan fingerprint density at radius 2 is 2.22 bits per heavy atom.